The van der Waals surface area contributed by atoms with E-state index >= 15 is 0 Å². The molecule has 114 valence electrons. The van der Waals surface area contributed by atoms with E-state index in [1.54, 1.807) is 9.58 Å². The van der Waals surface area contributed by atoms with Crippen molar-refractivity contribution in [2.45, 2.75) is 49.3 Å². The smallest absolute Gasteiger partial charge is 0.305 e. The van der Waals surface area contributed by atoms with Crippen molar-refractivity contribution < 1.29 is 14.7 Å². The molecule has 2 heterocycles. The summed E-state index contributed by atoms with van der Waals surface area (Å²) >= 11 is 1.33. The van der Waals surface area contributed by atoms with E-state index in [1.807, 2.05) is 0 Å². The average molecular weight is 311 g/mol. The molecule has 8 nitrogen and oxygen atoms in total. The molecule has 9 heteroatoms. The van der Waals surface area contributed by atoms with Crippen LogP contribution in [0.15, 0.2) is 5.16 Å². The van der Waals surface area contributed by atoms with Crippen molar-refractivity contribution >= 4 is 23.6 Å². The molecule has 2 fully saturated rings. The highest BCUT2D eigenvalue weighted by molar-refractivity contribution is 7.99. The molecule has 0 aromatic carbocycles. The number of hydrogen-bond acceptors (Lipinski definition) is 6. The van der Waals surface area contributed by atoms with Crippen LogP contribution in [0, 0.1) is 0 Å². The summed E-state index contributed by atoms with van der Waals surface area (Å²) in [5.74, 6) is -0.637. The number of hydrogen-bond donors (Lipinski definition) is 1. The van der Waals surface area contributed by atoms with E-state index in [2.05, 4.69) is 15.5 Å². The number of carbonyl (C=O) groups excluding carboxylic acids is 1. The van der Waals surface area contributed by atoms with E-state index in [-0.39, 0.29) is 24.1 Å². The van der Waals surface area contributed by atoms with Gasteiger partial charge < -0.3 is 10.0 Å². The maximum Gasteiger partial charge on any atom is 0.305 e. The van der Waals surface area contributed by atoms with Crippen LogP contribution in [0.25, 0.3) is 0 Å². The Morgan fingerprint density at radius 1 is 1.33 bits per heavy atom. The monoisotopic (exact) mass is 311 g/mol. The van der Waals surface area contributed by atoms with Crippen molar-refractivity contribution in [2.24, 2.45) is 0 Å². The number of nitrogens with zero attached hydrogens (tertiary/aromatic N) is 5. The van der Waals surface area contributed by atoms with Gasteiger partial charge in [0.1, 0.15) is 0 Å². The van der Waals surface area contributed by atoms with Crippen molar-refractivity contribution in [1.29, 1.82) is 0 Å². The Bertz CT molecular complexity index is 545. The predicted octanol–water partition coefficient (Wildman–Crippen LogP) is 0.566. The molecule has 1 unspecified atom stereocenters. The first kappa shape index (κ1) is 14.3. The number of rotatable bonds is 6. The first-order valence-corrected chi connectivity index (χ1v) is 8.05. The van der Waals surface area contributed by atoms with Crippen LogP contribution in [-0.4, -0.2) is 60.4 Å². The Morgan fingerprint density at radius 2 is 2.14 bits per heavy atom. The predicted molar refractivity (Wildman–Crippen MR) is 73.8 cm³/mol. The summed E-state index contributed by atoms with van der Waals surface area (Å²) in [5.41, 5.74) is 0. The van der Waals surface area contributed by atoms with Gasteiger partial charge >= 0.3 is 5.97 Å². The third-order valence-corrected chi connectivity index (χ3v) is 4.71. The lowest BCUT2D eigenvalue weighted by Gasteiger charge is -2.23. The maximum atomic E-state index is 12.3. The van der Waals surface area contributed by atoms with Gasteiger partial charge in [-0.25, -0.2) is 4.68 Å². The molecule has 1 saturated heterocycles. The molecule has 1 atom stereocenters. The Balaban J connectivity index is 1.55. The zero-order valence-electron chi connectivity index (χ0n) is 11.5. The molecule has 0 spiro atoms. The van der Waals surface area contributed by atoms with E-state index in [0.717, 1.165) is 25.7 Å². The minimum atomic E-state index is -0.856. The van der Waals surface area contributed by atoms with Gasteiger partial charge in [0.05, 0.1) is 18.2 Å². The highest BCUT2D eigenvalue weighted by Gasteiger charge is 2.31. The molecule has 21 heavy (non-hydrogen) atoms. The molecular formula is C12H17N5O3S. The van der Waals surface area contributed by atoms with Crippen molar-refractivity contribution in [3.05, 3.63) is 0 Å². The van der Waals surface area contributed by atoms with Crippen molar-refractivity contribution in [3.63, 3.8) is 0 Å². The number of likely N-dealkylation sites (tertiary alicyclic amines) is 1. The highest BCUT2D eigenvalue weighted by atomic mass is 32.2. The lowest BCUT2D eigenvalue weighted by molar-refractivity contribution is -0.139. The molecule has 1 saturated carbocycles. The molecule has 2 aliphatic rings. The van der Waals surface area contributed by atoms with Gasteiger partial charge in [0.25, 0.3) is 0 Å². The summed E-state index contributed by atoms with van der Waals surface area (Å²) in [6.45, 7) is 0.644. The molecule has 1 amide bonds. The van der Waals surface area contributed by atoms with Crippen molar-refractivity contribution in [1.82, 2.24) is 25.1 Å². The molecular weight excluding hydrogens is 294 g/mol. The molecule has 1 N–H and O–H groups in total. The Hall–Kier alpha value is -1.64. The highest BCUT2D eigenvalue weighted by Crippen LogP contribution is 2.36. The van der Waals surface area contributed by atoms with Crippen LogP contribution >= 0.6 is 11.8 Å². The molecule has 3 rings (SSSR count). The van der Waals surface area contributed by atoms with Crippen molar-refractivity contribution in [3.8, 4) is 0 Å². The standard InChI is InChI=1S/C12H17N5O3S/c18-10(16-5-1-2-9(16)6-11(19)20)7-21-12-13-14-15-17(12)8-3-4-8/h8-9H,1-7H2,(H,19,20). The SMILES string of the molecule is O=C(O)CC1CCCN1C(=O)CSc1nnnn1C1CC1. The molecule has 0 bridgehead atoms. The third kappa shape index (κ3) is 3.34. The zero-order chi connectivity index (χ0) is 14.8. The van der Waals surface area contributed by atoms with Crippen LogP contribution in [0.4, 0.5) is 0 Å². The van der Waals surface area contributed by atoms with Crippen LogP contribution in [0.3, 0.4) is 0 Å². The summed E-state index contributed by atoms with van der Waals surface area (Å²) in [5, 5.41) is 21.1. The number of amides is 1. The summed E-state index contributed by atoms with van der Waals surface area (Å²) in [4.78, 5) is 24.8. The van der Waals surface area contributed by atoms with E-state index < -0.39 is 5.97 Å². The average Bonchev–Trinajstić information content (AvgIpc) is 3.00. The van der Waals surface area contributed by atoms with Crippen LogP contribution < -0.4 is 0 Å². The zero-order valence-corrected chi connectivity index (χ0v) is 12.3. The van der Waals surface area contributed by atoms with Gasteiger partial charge in [-0.1, -0.05) is 11.8 Å². The second-order valence-electron chi connectivity index (χ2n) is 5.41. The van der Waals surface area contributed by atoms with Crippen LogP contribution in [0.5, 0.6) is 0 Å². The van der Waals surface area contributed by atoms with Gasteiger partial charge in [0.2, 0.25) is 11.1 Å². The van der Waals surface area contributed by atoms with E-state index in [4.69, 9.17) is 5.11 Å². The van der Waals surface area contributed by atoms with Crippen LogP contribution in [0.1, 0.15) is 38.1 Å². The van der Waals surface area contributed by atoms with Gasteiger partial charge in [-0.15, -0.1) is 5.10 Å². The number of carboxylic acid groups (broad SMARTS) is 1. The second-order valence-corrected chi connectivity index (χ2v) is 6.35. The van der Waals surface area contributed by atoms with Gasteiger partial charge in [0, 0.05) is 12.6 Å². The minimum Gasteiger partial charge on any atom is -0.481 e. The number of aromatic nitrogens is 4. The summed E-state index contributed by atoms with van der Waals surface area (Å²) in [7, 11) is 0. The largest absolute Gasteiger partial charge is 0.481 e. The Morgan fingerprint density at radius 3 is 2.86 bits per heavy atom. The van der Waals surface area contributed by atoms with E-state index in [1.165, 1.54) is 11.8 Å². The van der Waals surface area contributed by atoms with Gasteiger partial charge in [0.15, 0.2) is 0 Å². The minimum absolute atomic E-state index is 0.0240. The van der Waals surface area contributed by atoms with Crippen molar-refractivity contribution in [2.75, 3.05) is 12.3 Å². The van der Waals surface area contributed by atoms with Gasteiger partial charge in [-0.05, 0) is 36.1 Å². The Kier molecular flexibility index (Phi) is 4.09. The molecule has 1 aliphatic carbocycles. The molecule has 1 aromatic heterocycles. The topological polar surface area (TPSA) is 101 Å². The third-order valence-electron chi connectivity index (χ3n) is 3.79. The quantitative estimate of drug-likeness (QED) is 0.766. The normalized spacial score (nSPS) is 21.7. The first-order valence-electron chi connectivity index (χ1n) is 7.07. The number of thioether (sulfide) groups is 1. The first-order chi connectivity index (χ1) is 10.1. The van der Waals surface area contributed by atoms with E-state index in [0.29, 0.717) is 17.7 Å². The fourth-order valence-corrected chi connectivity index (χ4v) is 3.45. The molecule has 1 aliphatic heterocycles. The van der Waals surface area contributed by atoms with Gasteiger partial charge in [-0.3, -0.25) is 9.59 Å². The number of carbonyl (C=O) groups is 2. The van der Waals surface area contributed by atoms with Crippen LogP contribution in [-0.2, 0) is 9.59 Å². The number of aliphatic carboxylic acids is 1. The summed E-state index contributed by atoms with van der Waals surface area (Å²) < 4.78 is 1.77. The summed E-state index contributed by atoms with van der Waals surface area (Å²) in [6, 6.07) is 0.208. The lowest BCUT2D eigenvalue weighted by atomic mass is 10.1. The summed E-state index contributed by atoms with van der Waals surface area (Å²) in [6.07, 6.45) is 3.83. The second kappa shape index (κ2) is 6.00. The van der Waals surface area contributed by atoms with Crippen LogP contribution in [0.2, 0.25) is 0 Å². The lowest BCUT2D eigenvalue weighted by Crippen LogP contribution is -2.38. The number of carboxylic acids is 1. The Labute approximate surface area is 125 Å². The fraction of sp³-hybridized carbons (Fsp3) is 0.750. The molecule has 1 aromatic rings. The molecule has 0 radical (unpaired) electrons. The van der Waals surface area contributed by atoms with Gasteiger partial charge in [-0.2, -0.15) is 0 Å². The van der Waals surface area contributed by atoms with E-state index in [9.17, 15) is 9.59 Å². The number of tetrazole rings is 1. The fourth-order valence-electron chi connectivity index (χ4n) is 2.62. The maximum absolute atomic E-state index is 12.3.